The number of hydrazine groups is 1. The van der Waals surface area contributed by atoms with E-state index in [0.717, 1.165) is 16.1 Å². The third kappa shape index (κ3) is 9.95. The summed E-state index contributed by atoms with van der Waals surface area (Å²) in [6.45, 7) is 10.2. The highest BCUT2D eigenvalue weighted by atomic mass is 16.6. The Labute approximate surface area is 212 Å². The van der Waals surface area contributed by atoms with E-state index in [9.17, 15) is 19.5 Å². The molecule has 1 unspecified atom stereocenters. The highest BCUT2D eigenvalue weighted by molar-refractivity contribution is 5.83. The molecule has 2 rings (SSSR count). The maximum absolute atomic E-state index is 13.2. The van der Waals surface area contributed by atoms with Gasteiger partial charge in [-0.2, -0.15) is 0 Å². The molecule has 2 atom stereocenters. The first-order valence-electron chi connectivity index (χ1n) is 11.8. The summed E-state index contributed by atoms with van der Waals surface area (Å²) in [6.07, 6.45) is -3.51. The number of rotatable bonds is 7. The Morgan fingerprint density at radius 1 is 0.833 bits per heavy atom. The second-order valence-corrected chi connectivity index (χ2v) is 10.4. The number of benzene rings is 2. The van der Waals surface area contributed by atoms with E-state index in [1.54, 1.807) is 65.8 Å². The Bertz CT molecular complexity index is 1000. The van der Waals surface area contributed by atoms with Gasteiger partial charge in [-0.25, -0.2) is 20.0 Å². The van der Waals surface area contributed by atoms with Gasteiger partial charge in [-0.15, -0.1) is 0 Å². The van der Waals surface area contributed by atoms with Crippen LogP contribution in [0.4, 0.5) is 9.59 Å². The number of hydrogen-bond acceptors (Lipinski definition) is 6. The van der Waals surface area contributed by atoms with Crippen molar-refractivity contribution in [2.24, 2.45) is 0 Å². The number of aliphatic hydroxyl groups excluding tert-OH is 1. The molecule has 2 aromatic carbocycles. The van der Waals surface area contributed by atoms with Gasteiger partial charge in [-0.1, -0.05) is 60.7 Å². The Kier molecular flexibility index (Phi) is 9.86. The zero-order chi connectivity index (χ0) is 26.9. The molecule has 2 aromatic rings. The Balaban J connectivity index is 2.36. The lowest BCUT2D eigenvalue weighted by molar-refractivity contribution is -0.133. The van der Waals surface area contributed by atoms with Crippen molar-refractivity contribution in [3.8, 4) is 0 Å². The van der Waals surface area contributed by atoms with Crippen molar-refractivity contribution in [3.63, 3.8) is 0 Å². The third-order valence-electron chi connectivity index (χ3n) is 4.76. The van der Waals surface area contributed by atoms with E-state index in [4.69, 9.17) is 9.47 Å². The number of carbonyl (C=O) groups is 3. The van der Waals surface area contributed by atoms with Crippen LogP contribution in [0.5, 0.6) is 0 Å². The average molecular weight is 500 g/mol. The van der Waals surface area contributed by atoms with Gasteiger partial charge in [0.2, 0.25) is 0 Å². The van der Waals surface area contributed by atoms with Crippen LogP contribution < -0.4 is 10.7 Å². The van der Waals surface area contributed by atoms with E-state index >= 15 is 0 Å². The van der Waals surface area contributed by atoms with Crippen molar-refractivity contribution < 1.29 is 29.0 Å². The average Bonchev–Trinajstić information content (AvgIpc) is 2.78. The molecule has 3 N–H and O–H groups in total. The minimum atomic E-state index is -1.70. The summed E-state index contributed by atoms with van der Waals surface area (Å²) in [6, 6.07) is 17.0. The normalized spacial score (nSPS) is 13.2. The van der Waals surface area contributed by atoms with Gasteiger partial charge in [-0.05, 0) is 59.1 Å². The molecule has 0 fully saturated rings. The molecular formula is C27H37N3O6. The minimum absolute atomic E-state index is 0.0514. The first-order chi connectivity index (χ1) is 16.7. The van der Waals surface area contributed by atoms with Gasteiger partial charge >= 0.3 is 12.2 Å². The first-order valence-corrected chi connectivity index (χ1v) is 11.8. The summed E-state index contributed by atoms with van der Waals surface area (Å²) < 4.78 is 10.8. The van der Waals surface area contributed by atoms with Crippen LogP contribution in [-0.4, -0.2) is 51.6 Å². The van der Waals surface area contributed by atoms with Crippen molar-refractivity contribution in [2.75, 3.05) is 0 Å². The lowest BCUT2D eigenvalue weighted by atomic mass is 10.00. The van der Waals surface area contributed by atoms with Crippen LogP contribution in [0, 0.1) is 0 Å². The Morgan fingerprint density at radius 3 is 1.83 bits per heavy atom. The Morgan fingerprint density at radius 2 is 1.33 bits per heavy atom. The van der Waals surface area contributed by atoms with Crippen LogP contribution in [0.3, 0.4) is 0 Å². The molecule has 0 aromatic heterocycles. The summed E-state index contributed by atoms with van der Waals surface area (Å²) in [4.78, 5) is 38.8. The molecule has 196 valence electrons. The fourth-order valence-electron chi connectivity index (χ4n) is 3.24. The van der Waals surface area contributed by atoms with Gasteiger partial charge in [-0.3, -0.25) is 4.79 Å². The third-order valence-corrected chi connectivity index (χ3v) is 4.76. The molecule has 0 heterocycles. The molecule has 9 heteroatoms. The minimum Gasteiger partial charge on any atom is -0.443 e. The van der Waals surface area contributed by atoms with Crippen molar-refractivity contribution in [1.29, 1.82) is 0 Å². The van der Waals surface area contributed by atoms with E-state index < -0.39 is 41.4 Å². The van der Waals surface area contributed by atoms with Crippen molar-refractivity contribution in [2.45, 2.75) is 77.9 Å². The van der Waals surface area contributed by atoms with E-state index in [2.05, 4.69) is 10.7 Å². The summed E-state index contributed by atoms with van der Waals surface area (Å²) in [7, 11) is 0. The molecule has 0 radical (unpaired) electrons. The topological polar surface area (TPSA) is 117 Å². The number of aliphatic hydroxyl groups is 1. The van der Waals surface area contributed by atoms with Crippen LogP contribution in [0.25, 0.3) is 0 Å². The number of nitrogens with zero attached hydrogens (tertiary/aromatic N) is 1. The van der Waals surface area contributed by atoms with Crippen molar-refractivity contribution in [3.05, 3.63) is 71.8 Å². The van der Waals surface area contributed by atoms with Crippen molar-refractivity contribution in [1.82, 2.24) is 15.8 Å². The van der Waals surface area contributed by atoms with E-state index in [-0.39, 0.29) is 13.0 Å². The molecule has 3 amide bonds. The molecule has 0 aliphatic rings. The van der Waals surface area contributed by atoms with E-state index in [0.29, 0.717) is 0 Å². The molecule has 0 aliphatic carbocycles. The van der Waals surface area contributed by atoms with E-state index in [1.807, 2.05) is 36.4 Å². The van der Waals surface area contributed by atoms with Crippen LogP contribution >= 0.6 is 0 Å². The molecule has 36 heavy (non-hydrogen) atoms. The second kappa shape index (κ2) is 12.4. The standard InChI is InChI=1S/C27H37N3O6/c1-26(2,3)35-24(33)29-30(25(34)36-27(4,5)6)21(17-19-13-9-7-10-14-19)22(31)23(32)28-18-20-15-11-8-12-16-20/h7-16,21-22,31H,17-18H2,1-6H3,(H,28,32)(H,29,33)/t21-,22?/m1/s1. The molecule has 0 saturated carbocycles. The maximum atomic E-state index is 13.2. The van der Waals surface area contributed by atoms with Gasteiger partial charge < -0.3 is 19.9 Å². The van der Waals surface area contributed by atoms with Crippen molar-refractivity contribution >= 4 is 18.1 Å². The highest BCUT2D eigenvalue weighted by Crippen LogP contribution is 2.18. The number of nitrogens with one attached hydrogen (secondary N) is 2. The lowest BCUT2D eigenvalue weighted by Gasteiger charge is -2.35. The fraction of sp³-hybridized carbons (Fsp3) is 0.444. The summed E-state index contributed by atoms with van der Waals surface area (Å²) in [5.74, 6) is -0.709. The van der Waals surface area contributed by atoms with Crippen LogP contribution in [-0.2, 0) is 27.2 Å². The number of amides is 3. The van der Waals surface area contributed by atoms with Gasteiger partial charge in [0.15, 0.2) is 6.10 Å². The van der Waals surface area contributed by atoms with Crippen LogP contribution in [0.2, 0.25) is 0 Å². The number of hydrogen-bond donors (Lipinski definition) is 3. The fourth-order valence-corrected chi connectivity index (χ4v) is 3.24. The molecule has 0 bridgehead atoms. The lowest BCUT2D eigenvalue weighted by Crippen LogP contribution is -2.61. The van der Waals surface area contributed by atoms with Crippen LogP contribution in [0.1, 0.15) is 52.7 Å². The number of carbonyl (C=O) groups excluding carboxylic acids is 3. The largest absolute Gasteiger partial charge is 0.443 e. The maximum Gasteiger partial charge on any atom is 0.429 e. The summed E-state index contributed by atoms with van der Waals surface area (Å²) in [5.41, 5.74) is 2.22. The predicted octanol–water partition coefficient (Wildman–Crippen LogP) is 3.95. The predicted molar refractivity (Wildman–Crippen MR) is 136 cm³/mol. The monoisotopic (exact) mass is 499 g/mol. The SMILES string of the molecule is CC(C)(C)OC(=O)NN(C(=O)OC(C)(C)C)[C@H](Cc1ccccc1)C(O)C(=O)NCc1ccccc1. The highest BCUT2D eigenvalue weighted by Gasteiger charge is 2.38. The van der Waals surface area contributed by atoms with E-state index in [1.165, 1.54) is 0 Å². The Hall–Kier alpha value is -3.59. The smallest absolute Gasteiger partial charge is 0.429 e. The van der Waals surface area contributed by atoms with Crippen LogP contribution in [0.15, 0.2) is 60.7 Å². The van der Waals surface area contributed by atoms with Gasteiger partial charge in [0.05, 0.1) is 6.04 Å². The summed E-state index contributed by atoms with van der Waals surface area (Å²) >= 11 is 0. The zero-order valence-corrected chi connectivity index (χ0v) is 21.8. The quantitative estimate of drug-likeness (QED) is 0.497. The zero-order valence-electron chi connectivity index (χ0n) is 21.8. The van der Waals surface area contributed by atoms with Gasteiger partial charge in [0.1, 0.15) is 11.2 Å². The first kappa shape index (κ1) is 28.6. The molecule has 0 aliphatic heterocycles. The number of ether oxygens (including phenoxy) is 2. The summed E-state index contributed by atoms with van der Waals surface area (Å²) in [5, 5.41) is 14.6. The second-order valence-electron chi connectivity index (χ2n) is 10.4. The molecule has 0 spiro atoms. The molecule has 0 saturated heterocycles. The molecular weight excluding hydrogens is 462 g/mol. The molecule has 9 nitrogen and oxygen atoms in total. The van der Waals surface area contributed by atoms with Gasteiger partial charge in [0, 0.05) is 6.54 Å². The van der Waals surface area contributed by atoms with Gasteiger partial charge in [0.25, 0.3) is 5.91 Å².